The number of hydrogen-bond donors (Lipinski definition) is 2. The molecule has 1 aliphatic rings. The van der Waals surface area contributed by atoms with Gasteiger partial charge in [0.05, 0.1) is 24.5 Å². The number of ether oxygens (including phenoxy) is 1. The van der Waals surface area contributed by atoms with E-state index >= 15 is 0 Å². The summed E-state index contributed by atoms with van der Waals surface area (Å²) in [4.78, 5) is 22.5. The highest BCUT2D eigenvalue weighted by molar-refractivity contribution is 5.94. The number of hydrogen-bond acceptors (Lipinski definition) is 6. The summed E-state index contributed by atoms with van der Waals surface area (Å²) in [5.41, 5.74) is 2.57. The normalized spacial score (nSPS) is 14.7. The van der Waals surface area contributed by atoms with Crippen LogP contribution in [0.15, 0.2) is 48.9 Å². The van der Waals surface area contributed by atoms with Crippen LogP contribution < -0.4 is 15.5 Å². The van der Waals surface area contributed by atoms with E-state index in [0.717, 1.165) is 16.9 Å². The minimum Gasteiger partial charge on any atom is -0.380 e. The number of rotatable bonds is 7. The zero-order valence-electron chi connectivity index (χ0n) is 16.4. The molecule has 29 heavy (non-hydrogen) atoms. The van der Waals surface area contributed by atoms with Gasteiger partial charge in [0.25, 0.3) is 0 Å². The van der Waals surface area contributed by atoms with E-state index in [4.69, 9.17) is 4.74 Å². The number of benzene rings is 1. The lowest BCUT2D eigenvalue weighted by Gasteiger charge is -2.14. The first kappa shape index (κ1) is 18.9. The predicted molar refractivity (Wildman–Crippen MR) is 110 cm³/mol. The lowest BCUT2D eigenvalue weighted by atomic mass is 10.2. The molecule has 0 saturated carbocycles. The Morgan fingerprint density at radius 3 is 2.83 bits per heavy atom. The fourth-order valence-corrected chi connectivity index (χ4v) is 3.09. The molecular weight excluding hydrogens is 370 g/mol. The van der Waals surface area contributed by atoms with Gasteiger partial charge in [-0.25, -0.2) is 14.8 Å². The largest absolute Gasteiger partial charge is 0.380 e. The summed E-state index contributed by atoms with van der Waals surface area (Å²) in [6.07, 6.45) is 5.46. The van der Waals surface area contributed by atoms with Crippen molar-refractivity contribution >= 4 is 23.2 Å². The fraction of sp³-hybridized carbons (Fsp3) is 0.300. The van der Waals surface area contributed by atoms with E-state index in [1.54, 1.807) is 24.4 Å². The first-order valence-electron chi connectivity index (χ1n) is 9.43. The molecule has 0 unspecified atom stereocenters. The van der Waals surface area contributed by atoms with Gasteiger partial charge < -0.3 is 15.4 Å². The Labute approximate surface area is 168 Å². The molecule has 0 bridgehead atoms. The van der Waals surface area contributed by atoms with E-state index in [2.05, 4.69) is 25.7 Å². The van der Waals surface area contributed by atoms with Crippen LogP contribution in [-0.4, -0.2) is 52.1 Å². The van der Waals surface area contributed by atoms with E-state index < -0.39 is 0 Å². The van der Waals surface area contributed by atoms with Gasteiger partial charge in [-0.05, 0) is 37.3 Å². The third-order valence-corrected chi connectivity index (χ3v) is 4.70. The number of aromatic nitrogens is 4. The van der Waals surface area contributed by atoms with Gasteiger partial charge in [0.2, 0.25) is 0 Å². The SMILES string of the molecule is CO[C@@H](C)Cn1cc(Nc2ccnc(-c3ccc(N4CCNC4=O)cc3)n2)cn1. The third-order valence-electron chi connectivity index (χ3n) is 4.70. The Morgan fingerprint density at radius 1 is 1.28 bits per heavy atom. The number of carbonyl (C=O) groups is 1. The Balaban J connectivity index is 1.47. The lowest BCUT2D eigenvalue weighted by Crippen LogP contribution is -2.27. The van der Waals surface area contributed by atoms with Crippen molar-refractivity contribution in [3.05, 3.63) is 48.9 Å². The Hall–Kier alpha value is -3.46. The molecule has 1 aromatic carbocycles. The molecule has 9 nitrogen and oxygen atoms in total. The summed E-state index contributed by atoms with van der Waals surface area (Å²) in [5.74, 6) is 1.28. The van der Waals surface area contributed by atoms with Crippen LogP contribution in [0.4, 0.5) is 22.0 Å². The highest BCUT2D eigenvalue weighted by atomic mass is 16.5. The highest BCUT2D eigenvalue weighted by Gasteiger charge is 2.20. The molecule has 1 aliphatic heterocycles. The minimum absolute atomic E-state index is 0.0689. The molecular formula is C20H23N7O2. The molecule has 2 N–H and O–H groups in total. The number of methoxy groups -OCH3 is 1. The van der Waals surface area contributed by atoms with E-state index in [1.165, 1.54) is 0 Å². The highest BCUT2D eigenvalue weighted by Crippen LogP contribution is 2.23. The van der Waals surface area contributed by atoms with Crippen molar-refractivity contribution in [3.63, 3.8) is 0 Å². The van der Waals surface area contributed by atoms with Crippen LogP contribution in [0.25, 0.3) is 11.4 Å². The maximum absolute atomic E-state index is 11.8. The maximum atomic E-state index is 11.8. The topological polar surface area (TPSA) is 97.2 Å². The second-order valence-electron chi connectivity index (χ2n) is 6.82. The van der Waals surface area contributed by atoms with Gasteiger partial charge in [-0.2, -0.15) is 5.10 Å². The van der Waals surface area contributed by atoms with Gasteiger partial charge >= 0.3 is 6.03 Å². The summed E-state index contributed by atoms with van der Waals surface area (Å²) in [6.45, 7) is 4.00. The standard InChI is InChI=1S/C20H23N7O2/c1-14(29-2)12-26-13-16(11-23-26)24-18-7-8-21-19(25-18)15-3-5-17(6-4-15)27-10-9-22-20(27)28/h3-8,11,13-14H,9-10,12H2,1-2H3,(H,22,28)(H,21,24,25)/t14-/m0/s1. The molecule has 3 heterocycles. The van der Waals surface area contributed by atoms with Gasteiger partial charge in [-0.1, -0.05) is 0 Å². The van der Waals surface area contributed by atoms with Crippen molar-refractivity contribution in [1.29, 1.82) is 0 Å². The molecule has 1 saturated heterocycles. The van der Waals surface area contributed by atoms with Crippen molar-refractivity contribution < 1.29 is 9.53 Å². The van der Waals surface area contributed by atoms with E-state index in [9.17, 15) is 4.79 Å². The molecule has 2 aromatic heterocycles. The zero-order valence-corrected chi connectivity index (χ0v) is 16.4. The second kappa shape index (κ2) is 8.27. The quantitative estimate of drug-likeness (QED) is 0.641. The summed E-state index contributed by atoms with van der Waals surface area (Å²) in [7, 11) is 1.68. The van der Waals surface area contributed by atoms with Gasteiger partial charge in [0, 0.05) is 43.8 Å². The van der Waals surface area contributed by atoms with Crippen LogP contribution in [0, 0.1) is 0 Å². The minimum atomic E-state index is -0.0689. The van der Waals surface area contributed by atoms with Crippen LogP contribution in [-0.2, 0) is 11.3 Å². The van der Waals surface area contributed by atoms with Crippen molar-refractivity contribution in [2.75, 3.05) is 30.4 Å². The first-order valence-corrected chi connectivity index (χ1v) is 9.43. The van der Waals surface area contributed by atoms with E-state index in [-0.39, 0.29) is 12.1 Å². The zero-order chi connectivity index (χ0) is 20.2. The van der Waals surface area contributed by atoms with E-state index in [0.29, 0.717) is 31.3 Å². The molecule has 0 spiro atoms. The second-order valence-corrected chi connectivity index (χ2v) is 6.82. The molecule has 1 atom stereocenters. The third kappa shape index (κ3) is 4.35. The van der Waals surface area contributed by atoms with Crippen LogP contribution in [0.1, 0.15) is 6.92 Å². The molecule has 4 rings (SSSR count). The number of nitrogens with one attached hydrogen (secondary N) is 2. The van der Waals surface area contributed by atoms with Crippen molar-refractivity contribution in [2.45, 2.75) is 19.6 Å². The summed E-state index contributed by atoms with van der Waals surface area (Å²) in [5, 5.41) is 10.4. The molecule has 0 radical (unpaired) electrons. The molecule has 2 amide bonds. The average molecular weight is 393 g/mol. The van der Waals surface area contributed by atoms with E-state index in [1.807, 2.05) is 48.1 Å². The van der Waals surface area contributed by atoms with Crippen molar-refractivity contribution in [3.8, 4) is 11.4 Å². The fourth-order valence-electron chi connectivity index (χ4n) is 3.09. The average Bonchev–Trinajstić information content (AvgIpc) is 3.37. The smallest absolute Gasteiger partial charge is 0.321 e. The van der Waals surface area contributed by atoms with Crippen LogP contribution in [0.5, 0.6) is 0 Å². The number of nitrogens with zero attached hydrogens (tertiary/aromatic N) is 5. The number of carbonyl (C=O) groups excluding carboxylic acids is 1. The predicted octanol–water partition coefficient (Wildman–Crippen LogP) is 2.65. The van der Waals surface area contributed by atoms with Gasteiger partial charge in [0.1, 0.15) is 5.82 Å². The van der Waals surface area contributed by atoms with Crippen molar-refractivity contribution in [1.82, 2.24) is 25.1 Å². The molecule has 150 valence electrons. The first-order chi connectivity index (χ1) is 14.1. The lowest BCUT2D eigenvalue weighted by molar-refractivity contribution is 0.0998. The van der Waals surface area contributed by atoms with Crippen molar-refractivity contribution in [2.24, 2.45) is 0 Å². The monoisotopic (exact) mass is 393 g/mol. The van der Waals surface area contributed by atoms with Gasteiger partial charge in [-0.15, -0.1) is 0 Å². The molecule has 0 aliphatic carbocycles. The Morgan fingerprint density at radius 2 is 2.10 bits per heavy atom. The van der Waals surface area contributed by atoms with Gasteiger partial charge in [0.15, 0.2) is 5.82 Å². The maximum Gasteiger partial charge on any atom is 0.321 e. The van der Waals surface area contributed by atoms with Crippen LogP contribution in [0.2, 0.25) is 0 Å². The van der Waals surface area contributed by atoms with Gasteiger partial charge in [-0.3, -0.25) is 9.58 Å². The Kier molecular flexibility index (Phi) is 5.39. The molecule has 3 aromatic rings. The number of anilines is 3. The Bertz CT molecular complexity index is 987. The summed E-state index contributed by atoms with van der Waals surface area (Å²) < 4.78 is 7.09. The number of urea groups is 1. The molecule has 1 fully saturated rings. The van der Waals surface area contributed by atoms with Crippen LogP contribution >= 0.6 is 0 Å². The number of amides is 2. The molecule has 9 heteroatoms. The van der Waals surface area contributed by atoms with Crippen LogP contribution in [0.3, 0.4) is 0 Å². The summed E-state index contributed by atoms with van der Waals surface area (Å²) >= 11 is 0. The summed E-state index contributed by atoms with van der Waals surface area (Å²) in [6, 6.07) is 9.39.